The average Bonchev–Trinajstić information content (AvgIpc) is 3.04. The highest BCUT2D eigenvalue weighted by atomic mass is 35.5. The number of aryl methyl sites for hydroxylation is 1. The molecule has 1 unspecified atom stereocenters. The van der Waals surface area contributed by atoms with Crippen molar-refractivity contribution in [3.05, 3.63) is 78.1 Å². The molecule has 0 saturated carbocycles. The van der Waals surface area contributed by atoms with Crippen LogP contribution >= 0.6 is 12.4 Å². The molecule has 0 aliphatic heterocycles. The van der Waals surface area contributed by atoms with Gasteiger partial charge < -0.3 is 14.6 Å². The van der Waals surface area contributed by atoms with Crippen LogP contribution in [0.5, 0.6) is 5.75 Å². The lowest BCUT2D eigenvalue weighted by Crippen LogP contribution is -2.18. The van der Waals surface area contributed by atoms with E-state index in [1.807, 2.05) is 42.2 Å². The van der Waals surface area contributed by atoms with E-state index in [4.69, 9.17) is 4.74 Å². The predicted molar refractivity (Wildman–Crippen MR) is 101 cm³/mol. The van der Waals surface area contributed by atoms with Crippen molar-refractivity contribution in [2.24, 2.45) is 7.05 Å². The molecule has 1 N–H and O–H groups in total. The molecular weight excluding hydrogens is 336 g/mol. The Balaban J connectivity index is 0.00000225. The maximum atomic E-state index is 5.77. The predicted octanol–water partition coefficient (Wildman–Crippen LogP) is 3.67. The van der Waals surface area contributed by atoms with E-state index in [1.165, 1.54) is 11.1 Å². The summed E-state index contributed by atoms with van der Waals surface area (Å²) in [5.74, 6) is 1.76. The maximum Gasteiger partial charge on any atom is 0.146 e. The summed E-state index contributed by atoms with van der Waals surface area (Å²) >= 11 is 0. The van der Waals surface area contributed by atoms with Gasteiger partial charge in [0.1, 0.15) is 18.2 Å². The number of halogens is 1. The van der Waals surface area contributed by atoms with Gasteiger partial charge in [-0.2, -0.15) is 0 Å². The number of ether oxygens (including phenoxy) is 1. The normalized spacial score (nSPS) is 11.6. The Morgan fingerprint density at radius 1 is 1.16 bits per heavy atom. The van der Waals surface area contributed by atoms with E-state index in [-0.39, 0.29) is 18.4 Å². The fraction of sp³-hybridized carbons (Fsp3) is 0.263. The van der Waals surface area contributed by atoms with Crippen LogP contribution in [-0.2, 0) is 20.2 Å². The van der Waals surface area contributed by atoms with Crippen molar-refractivity contribution in [3.63, 3.8) is 0 Å². The molecule has 6 heteroatoms. The highest BCUT2D eigenvalue weighted by Crippen LogP contribution is 2.15. The fourth-order valence-electron chi connectivity index (χ4n) is 2.41. The van der Waals surface area contributed by atoms with Crippen molar-refractivity contribution in [3.8, 4) is 5.75 Å². The third-order valence-corrected chi connectivity index (χ3v) is 4.01. The van der Waals surface area contributed by atoms with Crippen molar-refractivity contribution >= 4 is 12.4 Å². The van der Waals surface area contributed by atoms with Crippen LogP contribution in [0.1, 0.15) is 29.9 Å². The van der Waals surface area contributed by atoms with Gasteiger partial charge in [-0.1, -0.05) is 18.2 Å². The van der Waals surface area contributed by atoms with Gasteiger partial charge in [-0.25, -0.2) is 4.98 Å². The summed E-state index contributed by atoms with van der Waals surface area (Å²) in [4.78, 5) is 8.41. The first kappa shape index (κ1) is 19.0. The van der Waals surface area contributed by atoms with Crippen molar-refractivity contribution in [2.75, 3.05) is 0 Å². The third-order valence-electron chi connectivity index (χ3n) is 4.01. The van der Waals surface area contributed by atoms with Crippen LogP contribution in [0.25, 0.3) is 0 Å². The number of aromatic nitrogens is 3. The molecule has 0 fully saturated rings. The molecule has 2 heterocycles. The van der Waals surface area contributed by atoms with E-state index < -0.39 is 0 Å². The zero-order valence-corrected chi connectivity index (χ0v) is 15.2. The lowest BCUT2D eigenvalue weighted by atomic mass is 10.1. The topological polar surface area (TPSA) is 52.0 Å². The molecule has 5 nitrogen and oxygen atoms in total. The highest BCUT2D eigenvalue weighted by molar-refractivity contribution is 5.85. The molecule has 0 saturated heterocycles. The Bertz CT molecular complexity index is 759. The van der Waals surface area contributed by atoms with Crippen molar-refractivity contribution in [1.82, 2.24) is 19.9 Å². The number of hydrogen-bond acceptors (Lipinski definition) is 4. The smallest absolute Gasteiger partial charge is 0.146 e. The molecule has 3 aromatic rings. The Morgan fingerprint density at radius 2 is 1.96 bits per heavy atom. The van der Waals surface area contributed by atoms with Crippen molar-refractivity contribution in [2.45, 2.75) is 26.1 Å². The first-order chi connectivity index (χ1) is 11.7. The zero-order valence-electron chi connectivity index (χ0n) is 14.4. The number of nitrogens with one attached hydrogen (secondary N) is 1. The third kappa shape index (κ3) is 5.31. The molecule has 0 radical (unpaired) electrons. The van der Waals surface area contributed by atoms with E-state index in [9.17, 15) is 0 Å². The summed E-state index contributed by atoms with van der Waals surface area (Å²) in [6.45, 7) is 3.41. The summed E-state index contributed by atoms with van der Waals surface area (Å²) in [6, 6.07) is 12.5. The minimum absolute atomic E-state index is 0. The molecule has 0 aliphatic rings. The Kier molecular flexibility index (Phi) is 6.98. The van der Waals surface area contributed by atoms with Gasteiger partial charge in [0, 0.05) is 44.4 Å². The SMILES string of the molecule is CC(NCc1ccc(OCc2nccn2C)cc1)c1cccnc1.Cl. The zero-order chi connectivity index (χ0) is 16.8. The summed E-state index contributed by atoms with van der Waals surface area (Å²) in [5.41, 5.74) is 2.41. The van der Waals surface area contributed by atoms with Crippen molar-refractivity contribution < 1.29 is 4.74 Å². The largest absolute Gasteiger partial charge is 0.486 e. The lowest BCUT2D eigenvalue weighted by Gasteiger charge is -2.14. The number of benzene rings is 1. The van der Waals surface area contributed by atoms with Gasteiger partial charge in [-0.3, -0.25) is 4.98 Å². The van der Waals surface area contributed by atoms with Gasteiger partial charge in [-0.15, -0.1) is 12.4 Å². The fourth-order valence-corrected chi connectivity index (χ4v) is 2.41. The molecule has 0 aliphatic carbocycles. The van der Waals surface area contributed by atoms with Gasteiger partial charge in [0.15, 0.2) is 0 Å². The van der Waals surface area contributed by atoms with Crippen LogP contribution in [-0.4, -0.2) is 14.5 Å². The number of imidazole rings is 1. The molecular formula is C19H23ClN4O. The second kappa shape index (κ2) is 9.20. The van der Waals surface area contributed by atoms with Crippen LogP contribution in [0.2, 0.25) is 0 Å². The van der Waals surface area contributed by atoms with Gasteiger partial charge in [0.2, 0.25) is 0 Å². The minimum Gasteiger partial charge on any atom is -0.486 e. The summed E-state index contributed by atoms with van der Waals surface area (Å²) < 4.78 is 7.73. The summed E-state index contributed by atoms with van der Waals surface area (Å²) in [5, 5.41) is 3.50. The molecule has 0 spiro atoms. The Labute approximate surface area is 154 Å². The second-order valence-electron chi connectivity index (χ2n) is 5.78. The Hall–Kier alpha value is -2.37. The molecule has 1 aromatic carbocycles. The van der Waals surface area contributed by atoms with Crippen LogP contribution in [0.15, 0.2) is 61.2 Å². The number of pyridine rings is 1. The summed E-state index contributed by atoms with van der Waals surface area (Å²) in [6.07, 6.45) is 7.37. The molecule has 0 amide bonds. The van der Waals surface area contributed by atoms with E-state index in [1.54, 1.807) is 12.4 Å². The van der Waals surface area contributed by atoms with E-state index in [0.29, 0.717) is 6.61 Å². The molecule has 25 heavy (non-hydrogen) atoms. The highest BCUT2D eigenvalue weighted by Gasteiger charge is 2.05. The van der Waals surface area contributed by atoms with E-state index >= 15 is 0 Å². The molecule has 132 valence electrons. The van der Waals surface area contributed by atoms with Crippen LogP contribution in [0.4, 0.5) is 0 Å². The molecule has 0 bridgehead atoms. The Morgan fingerprint density at radius 3 is 2.60 bits per heavy atom. The van der Waals surface area contributed by atoms with Crippen LogP contribution < -0.4 is 10.1 Å². The van der Waals surface area contributed by atoms with Crippen molar-refractivity contribution in [1.29, 1.82) is 0 Å². The summed E-state index contributed by atoms with van der Waals surface area (Å²) in [7, 11) is 1.96. The quantitative estimate of drug-likeness (QED) is 0.700. The van der Waals surface area contributed by atoms with Gasteiger partial charge in [-0.05, 0) is 36.2 Å². The van der Waals surface area contributed by atoms with Crippen LogP contribution in [0, 0.1) is 0 Å². The lowest BCUT2D eigenvalue weighted by molar-refractivity contribution is 0.291. The van der Waals surface area contributed by atoms with Crippen LogP contribution in [0.3, 0.4) is 0 Å². The first-order valence-electron chi connectivity index (χ1n) is 8.03. The monoisotopic (exact) mass is 358 g/mol. The number of hydrogen-bond donors (Lipinski definition) is 1. The molecule has 2 aromatic heterocycles. The van der Waals surface area contributed by atoms with Gasteiger partial charge >= 0.3 is 0 Å². The number of nitrogens with zero attached hydrogens (tertiary/aromatic N) is 3. The van der Waals surface area contributed by atoms with Gasteiger partial charge in [0.25, 0.3) is 0 Å². The minimum atomic E-state index is 0. The van der Waals surface area contributed by atoms with E-state index in [0.717, 1.165) is 18.1 Å². The van der Waals surface area contributed by atoms with E-state index in [2.05, 4.69) is 40.4 Å². The number of rotatable bonds is 7. The second-order valence-corrected chi connectivity index (χ2v) is 5.78. The van der Waals surface area contributed by atoms with Gasteiger partial charge in [0.05, 0.1) is 0 Å². The molecule has 3 rings (SSSR count). The maximum absolute atomic E-state index is 5.77. The standard InChI is InChI=1S/C19H22N4O.ClH/c1-15(17-4-3-9-20-13-17)22-12-16-5-7-18(8-6-16)24-14-19-21-10-11-23(19)2;/h3-11,13,15,22H,12,14H2,1-2H3;1H. The first-order valence-corrected chi connectivity index (χ1v) is 8.03. The average molecular weight is 359 g/mol. The molecule has 1 atom stereocenters.